The Labute approximate surface area is 132 Å². The van der Waals surface area contributed by atoms with Gasteiger partial charge in [-0.25, -0.2) is 4.79 Å². The summed E-state index contributed by atoms with van der Waals surface area (Å²) in [5.41, 5.74) is 1.54. The van der Waals surface area contributed by atoms with E-state index in [0.717, 1.165) is 11.1 Å². The molecule has 0 saturated heterocycles. The highest BCUT2D eigenvalue weighted by molar-refractivity contribution is 7.22. The monoisotopic (exact) mass is 325 g/mol. The number of carbonyl (C=O) groups excluding carboxylic acids is 1. The van der Waals surface area contributed by atoms with Crippen LogP contribution in [0.3, 0.4) is 0 Å². The molecule has 1 rings (SSSR count). The summed E-state index contributed by atoms with van der Waals surface area (Å²) >= 11 is 0. The standard InChI is InChI=1S/C16H21O5P/c1-4-19-14(17)10-9-12-7-8-13(11-22-18)16(21-6-3)15(12)20-5-2/h7-10H,4-6,11H2,1-3H3/p+1. The van der Waals surface area contributed by atoms with Gasteiger partial charge in [-0.3, -0.25) is 0 Å². The van der Waals surface area contributed by atoms with Crippen LogP contribution in [-0.2, 0) is 20.3 Å². The van der Waals surface area contributed by atoms with Gasteiger partial charge in [-0.2, -0.15) is 0 Å². The van der Waals surface area contributed by atoms with Crippen molar-refractivity contribution in [2.45, 2.75) is 26.9 Å². The molecule has 0 N–H and O–H groups in total. The van der Waals surface area contributed by atoms with E-state index in [-0.39, 0.29) is 0 Å². The Bertz CT molecular complexity index is 540. The summed E-state index contributed by atoms with van der Waals surface area (Å²) in [5.74, 6) is 0.729. The van der Waals surface area contributed by atoms with Gasteiger partial charge < -0.3 is 14.2 Å². The molecule has 0 saturated carbocycles. The van der Waals surface area contributed by atoms with E-state index < -0.39 is 14.4 Å². The predicted octanol–water partition coefficient (Wildman–Crippen LogP) is 3.58. The molecule has 0 aliphatic heterocycles. The second-order valence-corrected chi connectivity index (χ2v) is 4.89. The third-order valence-electron chi connectivity index (χ3n) is 2.75. The van der Waals surface area contributed by atoms with Gasteiger partial charge in [-0.15, -0.1) is 0 Å². The van der Waals surface area contributed by atoms with Crippen molar-refractivity contribution in [2.75, 3.05) is 19.8 Å². The van der Waals surface area contributed by atoms with Gasteiger partial charge in [0.2, 0.25) is 0 Å². The molecule has 1 unspecified atom stereocenters. The molecule has 6 heteroatoms. The summed E-state index contributed by atoms with van der Waals surface area (Å²) in [6, 6.07) is 3.65. The third-order valence-corrected chi connectivity index (χ3v) is 3.27. The second-order valence-electron chi connectivity index (χ2n) is 4.24. The molecule has 1 atom stereocenters. The van der Waals surface area contributed by atoms with Gasteiger partial charge in [-0.1, -0.05) is 16.7 Å². The molecule has 0 fully saturated rings. The quantitative estimate of drug-likeness (QED) is 0.394. The van der Waals surface area contributed by atoms with Crippen LogP contribution in [0.15, 0.2) is 18.2 Å². The van der Waals surface area contributed by atoms with Crippen LogP contribution in [0.5, 0.6) is 11.5 Å². The van der Waals surface area contributed by atoms with E-state index in [9.17, 15) is 9.36 Å². The third kappa shape index (κ3) is 5.15. The first kappa shape index (κ1) is 18.2. The Balaban J connectivity index is 3.23. The van der Waals surface area contributed by atoms with E-state index in [0.29, 0.717) is 37.5 Å². The first-order chi connectivity index (χ1) is 10.7. The lowest BCUT2D eigenvalue weighted by atomic mass is 10.1. The topological polar surface area (TPSA) is 61.8 Å². The summed E-state index contributed by atoms with van der Waals surface area (Å²) in [7, 11) is -0.450. The van der Waals surface area contributed by atoms with Crippen molar-refractivity contribution < 1.29 is 23.6 Å². The largest absolute Gasteiger partial charge is 0.490 e. The van der Waals surface area contributed by atoms with E-state index in [1.807, 2.05) is 26.0 Å². The molecule has 0 radical (unpaired) electrons. The minimum absolute atomic E-state index is 0.328. The summed E-state index contributed by atoms with van der Waals surface area (Å²) in [6.45, 7) is 6.76. The van der Waals surface area contributed by atoms with Crippen molar-refractivity contribution in [2.24, 2.45) is 0 Å². The van der Waals surface area contributed by atoms with Crippen LogP contribution in [0, 0.1) is 0 Å². The predicted molar refractivity (Wildman–Crippen MR) is 87.2 cm³/mol. The van der Waals surface area contributed by atoms with Gasteiger partial charge in [0.1, 0.15) is 0 Å². The molecule has 0 heterocycles. The van der Waals surface area contributed by atoms with E-state index in [1.165, 1.54) is 6.08 Å². The van der Waals surface area contributed by atoms with Crippen LogP contribution >= 0.6 is 8.46 Å². The number of rotatable bonds is 9. The maximum Gasteiger partial charge on any atom is 0.330 e. The van der Waals surface area contributed by atoms with Crippen LogP contribution in [0.2, 0.25) is 0 Å². The number of hydrogen-bond donors (Lipinski definition) is 0. The van der Waals surface area contributed by atoms with Crippen molar-refractivity contribution in [1.29, 1.82) is 0 Å². The highest BCUT2D eigenvalue weighted by Gasteiger charge is 2.17. The lowest BCUT2D eigenvalue weighted by molar-refractivity contribution is -0.137. The van der Waals surface area contributed by atoms with Gasteiger partial charge in [-0.05, 0) is 26.8 Å². The molecule has 1 aromatic carbocycles. The molecule has 0 amide bonds. The number of hydrogen-bond acceptors (Lipinski definition) is 5. The molecule has 1 aromatic rings. The van der Waals surface area contributed by atoms with E-state index >= 15 is 0 Å². The summed E-state index contributed by atoms with van der Waals surface area (Å²) in [6.07, 6.45) is 3.39. The van der Waals surface area contributed by atoms with Crippen LogP contribution in [0.4, 0.5) is 0 Å². The lowest BCUT2D eigenvalue weighted by Gasteiger charge is -2.15. The zero-order valence-corrected chi connectivity index (χ0v) is 14.2. The number of benzene rings is 1. The number of esters is 1. The Morgan fingerprint density at radius 1 is 1.09 bits per heavy atom. The minimum Gasteiger partial charge on any atom is -0.490 e. The van der Waals surface area contributed by atoms with Crippen molar-refractivity contribution in [3.8, 4) is 11.5 Å². The smallest absolute Gasteiger partial charge is 0.330 e. The first-order valence-corrected chi connectivity index (χ1v) is 8.40. The fourth-order valence-electron chi connectivity index (χ4n) is 1.91. The molecule has 0 bridgehead atoms. The molecular weight excluding hydrogens is 303 g/mol. The molecule has 0 spiro atoms. The Morgan fingerprint density at radius 3 is 2.36 bits per heavy atom. The highest BCUT2D eigenvalue weighted by Crippen LogP contribution is 2.37. The second kappa shape index (κ2) is 9.96. The fourth-order valence-corrected chi connectivity index (χ4v) is 2.34. The fraction of sp³-hybridized carbons (Fsp3) is 0.438. The van der Waals surface area contributed by atoms with Gasteiger partial charge in [0, 0.05) is 17.2 Å². The Kier molecular flexibility index (Phi) is 8.23. The van der Waals surface area contributed by atoms with E-state index in [1.54, 1.807) is 13.0 Å². The van der Waals surface area contributed by atoms with Crippen LogP contribution in [-0.4, -0.2) is 25.8 Å². The molecule has 22 heavy (non-hydrogen) atoms. The molecule has 0 aromatic heterocycles. The van der Waals surface area contributed by atoms with Gasteiger partial charge in [0.25, 0.3) is 0 Å². The number of ether oxygens (including phenoxy) is 3. The highest BCUT2D eigenvalue weighted by atomic mass is 31.1. The summed E-state index contributed by atoms with van der Waals surface area (Å²) < 4.78 is 27.1. The van der Waals surface area contributed by atoms with Crippen LogP contribution in [0.1, 0.15) is 31.9 Å². The van der Waals surface area contributed by atoms with Crippen molar-refractivity contribution in [3.63, 3.8) is 0 Å². The molecule has 0 aliphatic carbocycles. The average Bonchev–Trinajstić information content (AvgIpc) is 2.50. The Morgan fingerprint density at radius 2 is 1.77 bits per heavy atom. The van der Waals surface area contributed by atoms with Crippen molar-refractivity contribution >= 4 is 20.5 Å². The number of carbonyl (C=O) groups is 1. The van der Waals surface area contributed by atoms with Gasteiger partial charge in [0.05, 0.1) is 19.8 Å². The maximum atomic E-state index is 11.4. The van der Waals surface area contributed by atoms with Gasteiger partial charge in [0.15, 0.2) is 17.7 Å². The maximum absolute atomic E-state index is 11.4. The minimum atomic E-state index is -0.450. The van der Waals surface area contributed by atoms with Crippen LogP contribution in [0.25, 0.3) is 6.08 Å². The summed E-state index contributed by atoms with van der Waals surface area (Å²) in [4.78, 5) is 11.4. The van der Waals surface area contributed by atoms with Crippen LogP contribution < -0.4 is 9.47 Å². The molecule has 5 nitrogen and oxygen atoms in total. The Hall–Kier alpha value is -1.87. The van der Waals surface area contributed by atoms with Crippen molar-refractivity contribution in [1.82, 2.24) is 0 Å². The average molecular weight is 325 g/mol. The summed E-state index contributed by atoms with van der Waals surface area (Å²) in [5, 5.41) is 0. The zero-order valence-electron chi connectivity index (χ0n) is 13.2. The SMILES string of the molecule is CCOC(=O)C=Cc1ccc(C[PH+]=O)c(OCC)c1OCC. The first-order valence-electron chi connectivity index (χ1n) is 7.29. The van der Waals surface area contributed by atoms with E-state index in [4.69, 9.17) is 14.2 Å². The zero-order chi connectivity index (χ0) is 16.4. The lowest BCUT2D eigenvalue weighted by Crippen LogP contribution is -2.03. The van der Waals surface area contributed by atoms with E-state index in [2.05, 4.69) is 0 Å². The van der Waals surface area contributed by atoms with Crippen molar-refractivity contribution in [3.05, 3.63) is 29.3 Å². The molecule has 0 aliphatic rings. The molecule has 120 valence electrons. The molecular formula is C16H22O5P+. The van der Waals surface area contributed by atoms with Gasteiger partial charge >= 0.3 is 14.4 Å². The normalized spacial score (nSPS) is 10.9.